The van der Waals surface area contributed by atoms with Gasteiger partial charge in [0.05, 0.1) is 22.9 Å². The fourth-order valence-electron chi connectivity index (χ4n) is 2.93. The van der Waals surface area contributed by atoms with Crippen LogP contribution < -0.4 is 10.9 Å². The number of hydrogen-bond donors (Lipinski definition) is 1. The van der Waals surface area contributed by atoms with Gasteiger partial charge in [0.15, 0.2) is 0 Å². The molecule has 0 fully saturated rings. The molecular weight excluding hydrogens is 456 g/mol. The highest BCUT2D eigenvalue weighted by Crippen LogP contribution is 2.36. The molecule has 1 amide bonds. The van der Waals surface area contributed by atoms with Gasteiger partial charge in [0.1, 0.15) is 11.4 Å². The van der Waals surface area contributed by atoms with Gasteiger partial charge in [-0.2, -0.15) is 31.4 Å². The number of carbonyl (C=O) groups excluding carboxylic acids is 1. The van der Waals surface area contributed by atoms with E-state index in [0.717, 1.165) is 4.68 Å². The third-order valence-electron chi connectivity index (χ3n) is 4.54. The average Bonchev–Trinajstić information content (AvgIpc) is 2.74. The standard InChI is InChI=1S/C20H15F6N5O2/c1-10(16-17(28-6-5-27-16)14-3-4-15(32)31(2)30-14)29-18(33)11-7-12(19(21,22)23)9-13(8-11)20(24,25)26/h3-10H,1-2H3,(H,29,33). The number of halogens is 6. The first-order valence-electron chi connectivity index (χ1n) is 9.23. The van der Waals surface area contributed by atoms with E-state index in [1.807, 2.05) is 0 Å². The molecule has 13 heteroatoms. The lowest BCUT2D eigenvalue weighted by atomic mass is 10.0. The summed E-state index contributed by atoms with van der Waals surface area (Å²) < 4.78 is 79.5. The highest BCUT2D eigenvalue weighted by molar-refractivity contribution is 5.95. The maximum Gasteiger partial charge on any atom is 0.416 e. The van der Waals surface area contributed by atoms with Crippen LogP contribution in [0.5, 0.6) is 0 Å². The summed E-state index contributed by atoms with van der Waals surface area (Å²) in [5, 5.41) is 6.37. The Labute approximate surface area is 182 Å². The van der Waals surface area contributed by atoms with E-state index in [0.29, 0.717) is 12.1 Å². The second kappa shape index (κ2) is 8.64. The molecule has 1 N–H and O–H groups in total. The molecule has 2 heterocycles. The SMILES string of the molecule is CC(NC(=O)c1cc(C(F)(F)F)cc(C(F)(F)F)c1)c1nccnc1-c1ccc(=O)n(C)n1. The van der Waals surface area contributed by atoms with Gasteiger partial charge in [-0.3, -0.25) is 19.6 Å². The third kappa shape index (κ3) is 5.35. The second-order valence-electron chi connectivity index (χ2n) is 6.96. The van der Waals surface area contributed by atoms with Gasteiger partial charge in [-0.15, -0.1) is 0 Å². The van der Waals surface area contributed by atoms with Crippen molar-refractivity contribution in [3.63, 3.8) is 0 Å². The molecule has 174 valence electrons. The van der Waals surface area contributed by atoms with Crippen LogP contribution in [0.4, 0.5) is 26.3 Å². The summed E-state index contributed by atoms with van der Waals surface area (Å²) in [7, 11) is 1.40. The molecule has 33 heavy (non-hydrogen) atoms. The number of rotatable bonds is 4. The zero-order chi connectivity index (χ0) is 24.6. The molecule has 0 aliphatic carbocycles. The Morgan fingerprint density at radius 1 is 0.970 bits per heavy atom. The Balaban J connectivity index is 1.96. The summed E-state index contributed by atoms with van der Waals surface area (Å²) in [6, 6.07) is 2.22. The molecule has 3 aromatic rings. The topological polar surface area (TPSA) is 89.8 Å². The zero-order valence-electron chi connectivity index (χ0n) is 17.0. The van der Waals surface area contributed by atoms with Crippen molar-refractivity contribution in [3.05, 3.63) is 75.5 Å². The number of hydrogen-bond acceptors (Lipinski definition) is 5. The van der Waals surface area contributed by atoms with Gasteiger partial charge in [-0.25, -0.2) is 4.68 Å². The van der Waals surface area contributed by atoms with Crippen LogP contribution in [0.15, 0.2) is 47.5 Å². The summed E-state index contributed by atoms with van der Waals surface area (Å²) in [6.45, 7) is 1.42. The molecule has 0 spiro atoms. The first-order valence-corrected chi connectivity index (χ1v) is 9.23. The van der Waals surface area contributed by atoms with E-state index in [1.165, 1.54) is 38.5 Å². The van der Waals surface area contributed by atoms with Crippen molar-refractivity contribution in [2.45, 2.75) is 25.3 Å². The Hall–Kier alpha value is -3.77. The predicted molar refractivity (Wildman–Crippen MR) is 103 cm³/mol. The first kappa shape index (κ1) is 23.9. The minimum atomic E-state index is -5.09. The molecule has 0 saturated heterocycles. The van der Waals surface area contributed by atoms with E-state index < -0.39 is 46.6 Å². The van der Waals surface area contributed by atoms with Crippen LogP contribution in [0.3, 0.4) is 0 Å². The minimum Gasteiger partial charge on any atom is -0.344 e. The average molecular weight is 471 g/mol. The molecule has 2 aromatic heterocycles. The number of amides is 1. The van der Waals surface area contributed by atoms with Crippen molar-refractivity contribution in [1.29, 1.82) is 0 Å². The smallest absolute Gasteiger partial charge is 0.344 e. The van der Waals surface area contributed by atoms with E-state index in [4.69, 9.17) is 0 Å². The van der Waals surface area contributed by atoms with Crippen molar-refractivity contribution in [1.82, 2.24) is 25.1 Å². The Bertz CT molecular complexity index is 1220. The van der Waals surface area contributed by atoms with Gasteiger partial charge >= 0.3 is 12.4 Å². The summed E-state index contributed by atoms with van der Waals surface area (Å²) in [5.41, 5.74) is -3.90. The largest absolute Gasteiger partial charge is 0.416 e. The minimum absolute atomic E-state index is 0.0632. The fraction of sp³-hybridized carbons (Fsp3) is 0.250. The molecular formula is C20H15F6N5O2. The van der Waals surface area contributed by atoms with Gasteiger partial charge in [0, 0.05) is 31.1 Å². The van der Waals surface area contributed by atoms with E-state index in [2.05, 4.69) is 20.4 Å². The summed E-state index contributed by atoms with van der Waals surface area (Å²) in [5.74, 6) is -1.18. The molecule has 0 aliphatic rings. The number of aromatic nitrogens is 4. The van der Waals surface area contributed by atoms with Crippen LogP contribution in [0.2, 0.25) is 0 Å². The number of carbonyl (C=O) groups is 1. The monoisotopic (exact) mass is 471 g/mol. The lowest BCUT2D eigenvalue weighted by Gasteiger charge is -2.18. The van der Waals surface area contributed by atoms with E-state index in [-0.39, 0.29) is 23.1 Å². The van der Waals surface area contributed by atoms with Gasteiger partial charge in [0.25, 0.3) is 11.5 Å². The molecule has 0 saturated carbocycles. The summed E-state index contributed by atoms with van der Waals surface area (Å²) in [6.07, 6.45) is -7.57. The van der Waals surface area contributed by atoms with Crippen molar-refractivity contribution in [2.24, 2.45) is 7.05 Å². The summed E-state index contributed by atoms with van der Waals surface area (Å²) in [4.78, 5) is 32.4. The number of benzene rings is 1. The van der Waals surface area contributed by atoms with Gasteiger partial charge in [-0.1, -0.05) is 0 Å². The Morgan fingerprint density at radius 2 is 1.55 bits per heavy atom. The van der Waals surface area contributed by atoms with Gasteiger partial charge in [-0.05, 0) is 31.2 Å². The highest BCUT2D eigenvalue weighted by atomic mass is 19.4. The van der Waals surface area contributed by atoms with Crippen LogP contribution in [0, 0.1) is 0 Å². The maximum absolute atomic E-state index is 13.1. The summed E-state index contributed by atoms with van der Waals surface area (Å²) >= 11 is 0. The van der Waals surface area contributed by atoms with Crippen LogP contribution in [-0.4, -0.2) is 25.7 Å². The van der Waals surface area contributed by atoms with E-state index in [1.54, 1.807) is 0 Å². The zero-order valence-corrected chi connectivity index (χ0v) is 17.0. The predicted octanol–water partition coefficient (Wildman–Crippen LogP) is 3.77. The molecule has 0 bridgehead atoms. The Morgan fingerprint density at radius 3 is 2.09 bits per heavy atom. The lowest BCUT2D eigenvalue weighted by Crippen LogP contribution is -2.29. The number of nitrogens with zero attached hydrogens (tertiary/aromatic N) is 4. The van der Waals surface area contributed by atoms with Crippen molar-refractivity contribution in [3.8, 4) is 11.4 Å². The number of nitrogens with one attached hydrogen (secondary N) is 1. The molecule has 3 rings (SSSR count). The number of aryl methyl sites for hydroxylation is 1. The molecule has 0 radical (unpaired) electrons. The van der Waals surface area contributed by atoms with Crippen LogP contribution >= 0.6 is 0 Å². The molecule has 7 nitrogen and oxygen atoms in total. The maximum atomic E-state index is 13.1. The van der Waals surface area contributed by atoms with E-state index in [9.17, 15) is 35.9 Å². The highest BCUT2D eigenvalue weighted by Gasteiger charge is 2.37. The third-order valence-corrected chi connectivity index (χ3v) is 4.54. The quantitative estimate of drug-likeness (QED) is 0.586. The van der Waals surface area contributed by atoms with E-state index >= 15 is 0 Å². The Kier molecular flexibility index (Phi) is 6.25. The number of alkyl halides is 6. The molecule has 0 aliphatic heterocycles. The van der Waals surface area contributed by atoms with Gasteiger partial charge in [0.2, 0.25) is 0 Å². The fourth-order valence-corrected chi connectivity index (χ4v) is 2.93. The van der Waals surface area contributed by atoms with Crippen LogP contribution in [0.1, 0.15) is 40.1 Å². The molecule has 1 atom stereocenters. The normalized spacial score (nSPS) is 13.0. The van der Waals surface area contributed by atoms with Crippen LogP contribution in [-0.2, 0) is 19.4 Å². The van der Waals surface area contributed by atoms with Crippen molar-refractivity contribution >= 4 is 5.91 Å². The second-order valence-corrected chi connectivity index (χ2v) is 6.96. The molecule has 1 aromatic carbocycles. The van der Waals surface area contributed by atoms with Crippen LogP contribution in [0.25, 0.3) is 11.4 Å². The van der Waals surface area contributed by atoms with Crippen molar-refractivity contribution in [2.75, 3.05) is 0 Å². The van der Waals surface area contributed by atoms with Crippen molar-refractivity contribution < 1.29 is 31.1 Å². The lowest BCUT2D eigenvalue weighted by molar-refractivity contribution is -0.143. The first-order chi connectivity index (χ1) is 15.3. The van der Waals surface area contributed by atoms with Gasteiger partial charge < -0.3 is 5.32 Å². The molecule has 1 unspecified atom stereocenters.